The Morgan fingerprint density at radius 3 is 2.81 bits per heavy atom. The minimum absolute atomic E-state index is 0.361. The van der Waals surface area contributed by atoms with Gasteiger partial charge in [0.25, 0.3) is 0 Å². The van der Waals surface area contributed by atoms with Crippen molar-refractivity contribution in [2.75, 3.05) is 58.9 Å². The first-order chi connectivity index (χ1) is 14.9. The van der Waals surface area contributed by atoms with E-state index in [0.29, 0.717) is 50.8 Å². The highest BCUT2D eigenvalue weighted by molar-refractivity contribution is 5.43. The summed E-state index contributed by atoms with van der Waals surface area (Å²) in [5.41, 5.74) is 0.200. The highest BCUT2D eigenvalue weighted by Crippen LogP contribution is 2.29. The third kappa shape index (κ3) is 6.78. The van der Waals surface area contributed by atoms with Crippen molar-refractivity contribution < 1.29 is 19.0 Å². The third-order valence-corrected chi connectivity index (χ3v) is 5.39. The van der Waals surface area contributed by atoms with Crippen LogP contribution in [0.2, 0.25) is 0 Å². The van der Waals surface area contributed by atoms with Crippen LogP contribution < -0.4 is 19.7 Å². The molecular weight excluding hydrogens is 399 g/mol. The molecule has 1 atom stereocenters. The molecule has 3 rings (SSSR count). The molecule has 0 aliphatic carbocycles. The average molecular weight is 433 g/mol. The Kier molecular flexibility index (Phi) is 8.06. The van der Waals surface area contributed by atoms with E-state index < -0.39 is 5.60 Å². The molecule has 1 fully saturated rings. The number of hydrogen-bond donors (Lipinski definition) is 2. The predicted octanol–water partition coefficient (Wildman–Crippen LogP) is 2.29. The van der Waals surface area contributed by atoms with Crippen molar-refractivity contribution in [3.05, 3.63) is 47.9 Å². The Morgan fingerprint density at radius 2 is 2.10 bits per heavy atom. The molecule has 0 spiro atoms. The number of aromatic nitrogens is 1. The molecule has 2 heterocycles. The highest BCUT2D eigenvalue weighted by Gasteiger charge is 2.36. The van der Waals surface area contributed by atoms with Crippen LogP contribution in [0.3, 0.4) is 0 Å². The van der Waals surface area contributed by atoms with Gasteiger partial charge >= 0.3 is 0 Å². The SMILES string of the molecule is COc1cc(CNC[C@]2(O)CCN(c3ccc(F)cn3)C2)ccc1OCCCN(C)C. The van der Waals surface area contributed by atoms with Gasteiger partial charge in [-0.15, -0.1) is 0 Å². The average Bonchev–Trinajstić information content (AvgIpc) is 3.14. The van der Waals surface area contributed by atoms with Crippen molar-refractivity contribution in [1.82, 2.24) is 15.2 Å². The molecule has 1 aliphatic heterocycles. The number of anilines is 1. The van der Waals surface area contributed by atoms with Gasteiger partial charge < -0.3 is 29.7 Å². The van der Waals surface area contributed by atoms with Crippen molar-refractivity contribution >= 4 is 5.82 Å². The molecular formula is C23H33FN4O3. The van der Waals surface area contributed by atoms with Gasteiger partial charge in [0.1, 0.15) is 11.6 Å². The van der Waals surface area contributed by atoms with E-state index in [1.807, 2.05) is 37.2 Å². The number of halogens is 1. The summed E-state index contributed by atoms with van der Waals surface area (Å²) >= 11 is 0. The predicted molar refractivity (Wildman–Crippen MR) is 119 cm³/mol. The Hall–Kier alpha value is -2.42. The van der Waals surface area contributed by atoms with Crippen LogP contribution in [0, 0.1) is 5.82 Å². The van der Waals surface area contributed by atoms with Crippen LogP contribution >= 0.6 is 0 Å². The smallest absolute Gasteiger partial charge is 0.161 e. The topological polar surface area (TPSA) is 70.1 Å². The van der Waals surface area contributed by atoms with Crippen molar-refractivity contribution in [3.63, 3.8) is 0 Å². The summed E-state index contributed by atoms with van der Waals surface area (Å²) < 4.78 is 24.4. The monoisotopic (exact) mass is 432 g/mol. The summed E-state index contributed by atoms with van der Waals surface area (Å²) in [5.74, 6) is 1.77. The lowest BCUT2D eigenvalue weighted by atomic mass is 10.0. The van der Waals surface area contributed by atoms with E-state index >= 15 is 0 Å². The number of benzene rings is 1. The first kappa shape index (κ1) is 23.2. The second kappa shape index (κ2) is 10.7. The molecule has 0 saturated carbocycles. The molecule has 8 heteroatoms. The maximum absolute atomic E-state index is 13.1. The fourth-order valence-electron chi connectivity index (χ4n) is 3.69. The van der Waals surface area contributed by atoms with Crippen LogP contribution in [0.1, 0.15) is 18.4 Å². The number of methoxy groups -OCH3 is 1. The van der Waals surface area contributed by atoms with Crippen LogP contribution in [-0.2, 0) is 6.54 Å². The number of hydrogen-bond acceptors (Lipinski definition) is 7. The third-order valence-electron chi connectivity index (χ3n) is 5.39. The van der Waals surface area contributed by atoms with E-state index in [0.717, 1.165) is 24.3 Å². The molecule has 7 nitrogen and oxygen atoms in total. The van der Waals surface area contributed by atoms with Crippen LogP contribution in [0.15, 0.2) is 36.5 Å². The fourth-order valence-corrected chi connectivity index (χ4v) is 3.69. The normalized spacial score (nSPS) is 18.6. The van der Waals surface area contributed by atoms with Gasteiger partial charge in [0.15, 0.2) is 11.5 Å². The fraction of sp³-hybridized carbons (Fsp3) is 0.522. The molecule has 170 valence electrons. The maximum atomic E-state index is 13.1. The first-order valence-electron chi connectivity index (χ1n) is 10.6. The quantitative estimate of drug-likeness (QED) is 0.528. The summed E-state index contributed by atoms with van der Waals surface area (Å²) in [5, 5.41) is 14.2. The number of nitrogens with one attached hydrogen (secondary N) is 1. The van der Waals surface area contributed by atoms with E-state index in [1.165, 1.54) is 12.3 Å². The molecule has 1 aromatic heterocycles. The van der Waals surface area contributed by atoms with Crippen LogP contribution in [0.5, 0.6) is 11.5 Å². The standard InChI is InChI=1S/C23H33FN4O3/c1-27(2)10-4-12-31-20-7-5-18(13-21(20)30-3)14-25-16-23(29)9-11-28(17-23)22-8-6-19(24)15-26-22/h5-8,13,15,25,29H,4,9-12,14,16-17H2,1-3H3/t23-/m1/s1. The van der Waals surface area contributed by atoms with Gasteiger partial charge in [0.2, 0.25) is 0 Å². The Bertz CT molecular complexity index is 834. The van der Waals surface area contributed by atoms with Crippen LogP contribution in [-0.4, -0.2) is 74.6 Å². The van der Waals surface area contributed by atoms with Gasteiger partial charge in [-0.25, -0.2) is 9.37 Å². The van der Waals surface area contributed by atoms with Crippen LogP contribution in [0.4, 0.5) is 10.2 Å². The number of ether oxygens (including phenoxy) is 2. The molecule has 0 unspecified atom stereocenters. The Morgan fingerprint density at radius 1 is 1.26 bits per heavy atom. The zero-order chi connectivity index (χ0) is 22.3. The van der Waals surface area contributed by atoms with Gasteiger partial charge in [0.05, 0.1) is 25.5 Å². The number of aliphatic hydroxyl groups is 1. The lowest BCUT2D eigenvalue weighted by Gasteiger charge is -2.24. The summed E-state index contributed by atoms with van der Waals surface area (Å²) in [7, 11) is 5.72. The zero-order valence-corrected chi connectivity index (χ0v) is 18.6. The van der Waals surface area contributed by atoms with Crippen LogP contribution in [0.25, 0.3) is 0 Å². The first-order valence-corrected chi connectivity index (χ1v) is 10.6. The van der Waals surface area contributed by atoms with Gasteiger partial charge in [-0.3, -0.25) is 0 Å². The number of rotatable bonds is 11. The van der Waals surface area contributed by atoms with E-state index in [4.69, 9.17) is 9.47 Å². The van der Waals surface area contributed by atoms with Gasteiger partial charge in [-0.2, -0.15) is 0 Å². The summed E-state index contributed by atoms with van der Waals surface area (Å²) in [6.07, 6.45) is 2.78. The molecule has 0 bridgehead atoms. The summed E-state index contributed by atoms with van der Waals surface area (Å²) in [6, 6.07) is 8.93. The minimum Gasteiger partial charge on any atom is -0.493 e. The second-order valence-corrected chi connectivity index (χ2v) is 8.32. The van der Waals surface area contributed by atoms with Crippen molar-refractivity contribution in [1.29, 1.82) is 0 Å². The molecule has 31 heavy (non-hydrogen) atoms. The second-order valence-electron chi connectivity index (χ2n) is 8.32. The van der Waals surface area contributed by atoms with Crippen molar-refractivity contribution in [2.24, 2.45) is 0 Å². The van der Waals surface area contributed by atoms with E-state index in [-0.39, 0.29) is 5.82 Å². The maximum Gasteiger partial charge on any atom is 0.161 e. The largest absolute Gasteiger partial charge is 0.493 e. The number of pyridine rings is 1. The van der Waals surface area contributed by atoms with Crippen molar-refractivity contribution in [3.8, 4) is 11.5 Å². The van der Waals surface area contributed by atoms with E-state index in [2.05, 4.69) is 15.2 Å². The van der Waals surface area contributed by atoms with E-state index in [9.17, 15) is 9.50 Å². The molecule has 0 radical (unpaired) electrons. The zero-order valence-electron chi connectivity index (χ0n) is 18.6. The molecule has 2 aromatic rings. The van der Waals surface area contributed by atoms with Gasteiger partial charge in [0, 0.05) is 32.7 Å². The highest BCUT2D eigenvalue weighted by atomic mass is 19.1. The summed E-state index contributed by atoms with van der Waals surface area (Å²) in [6.45, 7) is 3.82. The molecule has 1 aliphatic rings. The summed E-state index contributed by atoms with van der Waals surface area (Å²) in [4.78, 5) is 8.21. The van der Waals surface area contributed by atoms with Crippen molar-refractivity contribution in [2.45, 2.75) is 25.0 Å². The van der Waals surface area contributed by atoms with E-state index in [1.54, 1.807) is 13.2 Å². The van der Waals surface area contributed by atoms with Gasteiger partial charge in [-0.1, -0.05) is 6.07 Å². The molecule has 1 saturated heterocycles. The lowest BCUT2D eigenvalue weighted by molar-refractivity contribution is 0.0626. The lowest BCUT2D eigenvalue weighted by Crippen LogP contribution is -2.43. The molecule has 2 N–H and O–H groups in total. The minimum atomic E-state index is -0.852. The number of β-amino-alcohol motifs (C(OH)–C–C–N with tert-alkyl or cyclic N) is 1. The Balaban J connectivity index is 1.48. The number of nitrogens with zero attached hydrogens (tertiary/aromatic N) is 3. The molecule has 1 aromatic carbocycles. The molecule has 0 amide bonds. The van der Waals surface area contributed by atoms with Gasteiger partial charge in [-0.05, 0) is 56.8 Å². The Labute approximate surface area is 183 Å².